The summed E-state index contributed by atoms with van der Waals surface area (Å²) in [7, 11) is 1.66. The van der Waals surface area contributed by atoms with Crippen LogP contribution in [-0.2, 0) is 13.0 Å². The normalized spacial score (nSPS) is 10.9. The number of ether oxygens (including phenoxy) is 1. The van der Waals surface area contributed by atoms with E-state index < -0.39 is 5.97 Å². The van der Waals surface area contributed by atoms with Gasteiger partial charge >= 0.3 is 5.97 Å². The second-order valence-electron chi connectivity index (χ2n) is 7.11. The Balaban J connectivity index is 1.60. The van der Waals surface area contributed by atoms with Gasteiger partial charge in [0.25, 0.3) is 0 Å². The Kier molecular flexibility index (Phi) is 6.39. The molecule has 0 spiro atoms. The van der Waals surface area contributed by atoms with Crippen LogP contribution in [0.2, 0.25) is 5.02 Å². The number of thiazole rings is 1. The minimum Gasteiger partial charge on any atom is -0.497 e. The monoisotopic (exact) mass is 452 g/mol. The lowest BCUT2D eigenvalue weighted by Crippen LogP contribution is -2.25. The predicted molar refractivity (Wildman–Crippen MR) is 126 cm³/mol. The van der Waals surface area contributed by atoms with Gasteiger partial charge in [-0.3, -0.25) is 0 Å². The summed E-state index contributed by atoms with van der Waals surface area (Å²) in [6.45, 7) is 1.37. The van der Waals surface area contributed by atoms with Crippen LogP contribution in [0, 0.1) is 0 Å². The molecule has 0 saturated heterocycles. The zero-order valence-corrected chi connectivity index (χ0v) is 18.5. The van der Waals surface area contributed by atoms with E-state index in [-0.39, 0.29) is 5.56 Å². The molecule has 31 heavy (non-hydrogen) atoms. The van der Waals surface area contributed by atoms with Gasteiger partial charge in [-0.05, 0) is 53.9 Å². The van der Waals surface area contributed by atoms with Crippen molar-refractivity contribution >= 4 is 44.3 Å². The first-order valence-corrected chi connectivity index (χ1v) is 11.0. The molecule has 1 heterocycles. The number of fused-ring (bicyclic) bond motifs is 1. The van der Waals surface area contributed by atoms with Gasteiger partial charge in [-0.2, -0.15) is 0 Å². The Hall–Kier alpha value is -3.09. The molecule has 0 aliphatic heterocycles. The molecule has 0 unspecified atom stereocenters. The summed E-state index contributed by atoms with van der Waals surface area (Å²) < 4.78 is 6.21. The van der Waals surface area contributed by atoms with Crippen molar-refractivity contribution in [3.05, 3.63) is 88.4 Å². The molecule has 0 atom stereocenters. The Morgan fingerprint density at radius 3 is 2.42 bits per heavy atom. The molecule has 1 aromatic heterocycles. The molecule has 5 nitrogen and oxygen atoms in total. The van der Waals surface area contributed by atoms with Crippen molar-refractivity contribution in [3.63, 3.8) is 0 Å². The minimum atomic E-state index is -0.927. The van der Waals surface area contributed by atoms with E-state index in [1.54, 1.807) is 30.6 Å². The standard InChI is InChI=1S/C24H21ClN2O3S/c1-30-19-11-7-16(8-12-19)13-14-27(15-17-5-9-18(10-6-17)23(28)29)24-26-21-4-2-3-20(25)22(21)31-24/h2-12H,13-15H2,1H3,(H,28,29). The van der Waals surface area contributed by atoms with Crippen molar-refractivity contribution < 1.29 is 14.6 Å². The molecule has 0 bridgehead atoms. The van der Waals surface area contributed by atoms with Gasteiger partial charge in [0.15, 0.2) is 5.13 Å². The quantitative estimate of drug-likeness (QED) is 0.360. The summed E-state index contributed by atoms with van der Waals surface area (Å²) in [5.74, 6) is -0.0938. The van der Waals surface area contributed by atoms with Crippen molar-refractivity contribution in [1.29, 1.82) is 0 Å². The lowest BCUT2D eigenvalue weighted by Gasteiger charge is -2.22. The van der Waals surface area contributed by atoms with E-state index in [9.17, 15) is 4.79 Å². The van der Waals surface area contributed by atoms with Crippen LogP contribution in [0.5, 0.6) is 5.75 Å². The first-order chi connectivity index (χ1) is 15.0. The Bertz CT molecular complexity index is 1190. The molecule has 0 amide bonds. The SMILES string of the molecule is COc1ccc(CCN(Cc2ccc(C(=O)O)cc2)c2nc3cccc(Cl)c3s2)cc1. The molecular weight excluding hydrogens is 432 g/mol. The molecule has 0 aliphatic carbocycles. The van der Waals surface area contributed by atoms with E-state index in [0.717, 1.165) is 39.6 Å². The minimum absolute atomic E-state index is 0.278. The lowest BCUT2D eigenvalue weighted by molar-refractivity contribution is 0.0697. The maximum atomic E-state index is 11.2. The number of hydrogen-bond donors (Lipinski definition) is 1. The van der Waals surface area contributed by atoms with E-state index >= 15 is 0 Å². The van der Waals surface area contributed by atoms with Crippen molar-refractivity contribution in [2.24, 2.45) is 0 Å². The van der Waals surface area contributed by atoms with Gasteiger partial charge in [0, 0.05) is 13.1 Å². The summed E-state index contributed by atoms with van der Waals surface area (Å²) in [6.07, 6.45) is 0.834. The van der Waals surface area contributed by atoms with Gasteiger partial charge in [0.05, 0.1) is 27.9 Å². The van der Waals surface area contributed by atoms with Crippen LogP contribution in [0.25, 0.3) is 10.2 Å². The largest absolute Gasteiger partial charge is 0.497 e. The summed E-state index contributed by atoms with van der Waals surface area (Å²) in [4.78, 5) is 18.2. The van der Waals surface area contributed by atoms with Gasteiger partial charge in [-0.1, -0.05) is 53.3 Å². The number of halogens is 1. The maximum Gasteiger partial charge on any atom is 0.335 e. The molecule has 3 aromatic carbocycles. The smallest absolute Gasteiger partial charge is 0.335 e. The average Bonchev–Trinajstić information content (AvgIpc) is 3.23. The number of aromatic carboxylic acids is 1. The third kappa shape index (κ3) is 4.98. The number of carbonyl (C=O) groups is 1. The van der Waals surface area contributed by atoms with Gasteiger partial charge in [-0.25, -0.2) is 9.78 Å². The number of hydrogen-bond acceptors (Lipinski definition) is 5. The summed E-state index contributed by atoms with van der Waals surface area (Å²) in [6, 6.07) is 20.8. The van der Waals surface area contributed by atoms with Crippen LogP contribution in [-0.4, -0.2) is 29.7 Å². The summed E-state index contributed by atoms with van der Waals surface area (Å²) in [5.41, 5.74) is 3.37. The Labute approximate surface area is 189 Å². The first kappa shape index (κ1) is 21.2. The zero-order chi connectivity index (χ0) is 21.8. The highest BCUT2D eigenvalue weighted by Gasteiger charge is 2.15. The predicted octanol–water partition coefficient (Wildman–Crippen LogP) is 5.91. The maximum absolute atomic E-state index is 11.2. The second-order valence-corrected chi connectivity index (χ2v) is 8.49. The lowest BCUT2D eigenvalue weighted by atomic mass is 10.1. The van der Waals surface area contributed by atoms with Crippen molar-refractivity contribution in [2.45, 2.75) is 13.0 Å². The van der Waals surface area contributed by atoms with Gasteiger partial charge < -0.3 is 14.7 Å². The molecule has 1 N–H and O–H groups in total. The molecule has 4 rings (SSSR count). The zero-order valence-electron chi connectivity index (χ0n) is 16.9. The number of methoxy groups -OCH3 is 1. The molecule has 0 saturated carbocycles. The summed E-state index contributed by atoms with van der Waals surface area (Å²) in [5, 5.41) is 10.7. The Morgan fingerprint density at radius 2 is 1.77 bits per heavy atom. The fourth-order valence-electron chi connectivity index (χ4n) is 3.31. The number of benzene rings is 3. The number of anilines is 1. The summed E-state index contributed by atoms with van der Waals surface area (Å²) >= 11 is 7.94. The van der Waals surface area contributed by atoms with Gasteiger partial charge in [-0.15, -0.1) is 0 Å². The van der Waals surface area contributed by atoms with E-state index in [1.807, 2.05) is 42.5 Å². The van der Waals surface area contributed by atoms with Crippen LogP contribution in [0.3, 0.4) is 0 Å². The highest BCUT2D eigenvalue weighted by Crippen LogP contribution is 2.34. The highest BCUT2D eigenvalue weighted by atomic mass is 35.5. The van der Waals surface area contributed by atoms with Gasteiger partial charge in [0.1, 0.15) is 5.75 Å². The van der Waals surface area contributed by atoms with E-state index in [4.69, 9.17) is 26.4 Å². The molecule has 7 heteroatoms. The van der Waals surface area contributed by atoms with Crippen molar-refractivity contribution in [1.82, 2.24) is 4.98 Å². The van der Waals surface area contributed by atoms with Crippen LogP contribution < -0.4 is 9.64 Å². The van der Waals surface area contributed by atoms with Crippen molar-refractivity contribution in [2.75, 3.05) is 18.6 Å². The fourth-order valence-corrected chi connectivity index (χ4v) is 4.59. The van der Waals surface area contributed by atoms with Crippen molar-refractivity contribution in [3.8, 4) is 5.75 Å². The molecule has 4 aromatic rings. The number of rotatable bonds is 8. The van der Waals surface area contributed by atoms with Gasteiger partial charge in [0.2, 0.25) is 0 Å². The molecule has 0 aliphatic rings. The van der Waals surface area contributed by atoms with Crippen LogP contribution >= 0.6 is 22.9 Å². The molecule has 0 radical (unpaired) electrons. The van der Waals surface area contributed by atoms with Crippen LogP contribution in [0.15, 0.2) is 66.7 Å². The highest BCUT2D eigenvalue weighted by molar-refractivity contribution is 7.22. The molecule has 0 fully saturated rings. The topological polar surface area (TPSA) is 62.7 Å². The Morgan fingerprint density at radius 1 is 1.06 bits per heavy atom. The number of carboxylic acid groups (broad SMARTS) is 1. The van der Waals surface area contributed by atoms with Crippen LogP contribution in [0.1, 0.15) is 21.5 Å². The molecular formula is C24H21ClN2O3S. The first-order valence-electron chi connectivity index (χ1n) is 9.78. The number of aromatic nitrogens is 1. The fraction of sp³-hybridized carbons (Fsp3) is 0.167. The van der Waals surface area contributed by atoms with E-state index in [0.29, 0.717) is 11.6 Å². The van der Waals surface area contributed by atoms with Crippen LogP contribution in [0.4, 0.5) is 5.13 Å². The molecule has 158 valence electrons. The number of nitrogens with zero attached hydrogens (tertiary/aromatic N) is 2. The van der Waals surface area contributed by atoms with E-state index in [2.05, 4.69) is 17.0 Å². The third-order valence-corrected chi connectivity index (χ3v) is 6.62. The number of carboxylic acids is 1. The average molecular weight is 453 g/mol. The second kappa shape index (κ2) is 9.37. The third-order valence-electron chi connectivity index (χ3n) is 5.03. The van der Waals surface area contributed by atoms with E-state index in [1.165, 1.54) is 5.56 Å².